The van der Waals surface area contributed by atoms with Crippen LogP contribution in [0.4, 0.5) is 0 Å². The number of fused-ring (bicyclic) bond motifs is 1. The second-order valence-corrected chi connectivity index (χ2v) is 5.02. The van der Waals surface area contributed by atoms with E-state index in [0.29, 0.717) is 0 Å². The summed E-state index contributed by atoms with van der Waals surface area (Å²) in [6, 6.07) is 22.4. The molecule has 0 bridgehead atoms. The van der Waals surface area contributed by atoms with Gasteiger partial charge < -0.3 is 0 Å². The van der Waals surface area contributed by atoms with Gasteiger partial charge in [0.25, 0.3) is 0 Å². The lowest BCUT2D eigenvalue weighted by molar-refractivity contribution is 1.44. The van der Waals surface area contributed by atoms with Crippen molar-refractivity contribution in [3.05, 3.63) is 91.0 Å². The Hall–Kier alpha value is -2.25. The zero-order valence-electron chi connectivity index (χ0n) is 11.9. The maximum atomic E-state index is 4.21. The molecule has 0 amide bonds. The lowest BCUT2D eigenvalue weighted by atomic mass is 10.1. The number of thiol groups is 1. The van der Waals surface area contributed by atoms with Crippen LogP contribution in [0.25, 0.3) is 22.9 Å². The molecule has 0 N–H and O–H groups in total. The molecule has 0 atom stereocenters. The average molecular weight is 290 g/mol. The van der Waals surface area contributed by atoms with Crippen LogP contribution in [0.5, 0.6) is 0 Å². The van der Waals surface area contributed by atoms with Gasteiger partial charge >= 0.3 is 0 Å². The summed E-state index contributed by atoms with van der Waals surface area (Å²) in [7, 11) is 0. The third-order valence-electron chi connectivity index (χ3n) is 3.20. The Morgan fingerprint density at radius 3 is 1.90 bits per heavy atom. The Bertz CT molecular complexity index is 751. The fourth-order valence-corrected chi connectivity index (χ4v) is 2.34. The SMILES string of the molecule is C=Cc1cccc2ccccc12.C=Cc1ccccc1S. The van der Waals surface area contributed by atoms with Gasteiger partial charge in [0.15, 0.2) is 0 Å². The first-order chi connectivity index (χ1) is 10.3. The third-order valence-corrected chi connectivity index (χ3v) is 3.61. The van der Waals surface area contributed by atoms with Gasteiger partial charge in [-0.15, -0.1) is 12.6 Å². The summed E-state index contributed by atoms with van der Waals surface area (Å²) in [4.78, 5) is 0.979. The largest absolute Gasteiger partial charge is 0.143 e. The molecule has 0 aromatic heterocycles. The Morgan fingerprint density at radius 2 is 1.24 bits per heavy atom. The summed E-state index contributed by atoms with van der Waals surface area (Å²) in [5, 5.41) is 2.55. The van der Waals surface area contributed by atoms with Gasteiger partial charge in [0.1, 0.15) is 0 Å². The molecule has 0 spiro atoms. The highest BCUT2D eigenvalue weighted by atomic mass is 32.1. The molecular weight excluding hydrogens is 272 g/mol. The molecule has 0 radical (unpaired) electrons. The van der Waals surface area contributed by atoms with Gasteiger partial charge in [0.2, 0.25) is 0 Å². The van der Waals surface area contributed by atoms with E-state index in [1.807, 2.05) is 30.3 Å². The van der Waals surface area contributed by atoms with Crippen LogP contribution in [0.3, 0.4) is 0 Å². The normalized spacial score (nSPS) is 9.57. The smallest absolute Gasteiger partial charge is 0.0112 e. The summed E-state index contributed by atoms with van der Waals surface area (Å²) in [6.07, 6.45) is 3.69. The van der Waals surface area contributed by atoms with Crippen LogP contribution in [0, 0.1) is 0 Å². The van der Waals surface area contributed by atoms with Crippen LogP contribution in [-0.2, 0) is 0 Å². The van der Waals surface area contributed by atoms with E-state index in [-0.39, 0.29) is 0 Å². The van der Waals surface area contributed by atoms with Crippen LogP contribution in [0.15, 0.2) is 84.8 Å². The second kappa shape index (κ2) is 7.51. The Labute approximate surface area is 131 Å². The molecule has 0 aliphatic carbocycles. The van der Waals surface area contributed by atoms with Crippen molar-refractivity contribution in [2.24, 2.45) is 0 Å². The van der Waals surface area contributed by atoms with E-state index in [2.05, 4.69) is 68.3 Å². The Kier molecular flexibility index (Phi) is 5.42. The fraction of sp³-hybridized carbons (Fsp3) is 0. The van der Waals surface area contributed by atoms with E-state index in [1.165, 1.54) is 16.3 Å². The van der Waals surface area contributed by atoms with Gasteiger partial charge in [-0.25, -0.2) is 0 Å². The molecule has 0 fully saturated rings. The molecule has 0 unspecified atom stereocenters. The highest BCUT2D eigenvalue weighted by molar-refractivity contribution is 7.80. The monoisotopic (exact) mass is 290 g/mol. The topological polar surface area (TPSA) is 0 Å². The van der Waals surface area contributed by atoms with Crippen molar-refractivity contribution in [1.29, 1.82) is 0 Å². The molecule has 104 valence electrons. The summed E-state index contributed by atoms with van der Waals surface area (Å²) in [5.74, 6) is 0. The van der Waals surface area contributed by atoms with Gasteiger partial charge in [-0.2, -0.15) is 0 Å². The lowest BCUT2D eigenvalue weighted by Gasteiger charge is -1.99. The van der Waals surface area contributed by atoms with E-state index in [4.69, 9.17) is 0 Å². The summed E-state index contributed by atoms with van der Waals surface area (Å²) >= 11 is 4.21. The van der Waals surface area contributed by atoms with Crippen LogP contribution in [0.2, 0.25) is 0 Å². The van der Waals surface area contributed by atoms with E-state index >= 15 is 0 Å². The number of hydrogen-bond acceptors (Lipinski definition) is 1. The molecule has 1 heteroatoms. The minimum absolute atomic E-state index is 0.979. The first kappa shape index (κ1) is 15.1. The molecule has 3 rings (SSSR count). The number of benzene rings is 3. The summed E-state index contributed by atoms with van der Waals surface area (Å²) in [6.45, 7) is 7.42. The predicted octanol–water partition coefficient (Wildman–Crippen LogP) is 6.10. The molecule has 3 aromatic carbocycles. The van der Waals surface area contributed by atoms with Crippen molar-refractivity contribution in [1.82, 2.24) is 0 Å². The zero-order valence-corrected chi connectivity index (χ0v) is 12.8. The van der Waals surface area contributed by atoms with E-state index in [0.717, 1.165) is 10.5 Å². The lowest BCUT2D eigenvalue weighted by Crippen LogP contribution is -1.75. The van der Waals surface area contributed by atoms with Gasteiger partial charge in [0.05, 0.1) is 0 Å². The van der Waals surface area contributed by atoms with Crippen LogP contribution in [-0.4, -0.2) is 0 Å². The van der Waals surface area contributed by atoms with Gasteiger partial charge in [0, 0.05) is 4.90 Å². The minimum Gasteiger partial charge on any atom is -0.143 e. The summed E-state index contributed by atoms with van der Waals surface area (Å²) < 4.78 is 0. The first-order valence-corrected chi connectivity index (χ1v) is 7.21. The molecule has 3 aromatic rings. The molecule has 0 aliphatic heterocycles. The van der Waals surface area contributed by atoms with E-state index in [1.54, 1.807) is 6.08 Å². The molecule has 0 nitrogen and oxygen atoms in total. The van der Waals surface area contributed by atoms with Crippen molar-refractivity contribution in [2.45, 2.75) is 4.90 Å². The Morgan fingerprint density at radius 1 is 0.667 bits per heavy atom. The maximum absolute atomic E-state index is 4.21. The minimum atomic E-state index is 0.979. The molecule has 0 aliphatic rings. The summed E-state index contributed by atoms with van der Waals surface area (Å²) in [5.41, 5.74) is 2.29. The first-order valence-electron chi connectivity index (χ1n) is 6.77. The molecular formula is C20H18S. The van der Waals surface area contributed by atoms with Gasteiger partial charge in [-0.3, -0.25) is 0 Å². The van der Waals surface area contributed by atoms with Crippen LogP contribution in [0.1, 0.15) is 11.1 Å². The second-order valence-electron chi connectivity index (χ2n) is 4.54. The number of rotatable bonds is 2. The average Bonchev–Trinajstić information content (AvgIpc) is 2.55. The standard InChI is InChI=1S/C12H10.C8H8S/c1-2-10-7-5-8-11-6-3-4-9-12(10)11;1-2-7-5-3-4-6-8(7)9/h2-9H,1H2;2-6,9H,1H2. The van der Waals surface area contributed by atoms with E-state index < -0.39 is 0 Å². The third kappa shape index (κ3) is 3.87. The number of hydrogen-bond donors (Lipinski definition) is 1. The molecule has 0 saturated carbocycles. The van der Waals surface area contributed by atoms with E-state index in [9.17, 15) is 0 Å². The van der Waals surface area contributed by atoms with Crippen molar-refractivity contribution in [3.8, 4) is 0 Å². The predicted molar refractivity (Wildman–Crippen MR) is 97.8 cm³/mol. The zero-order chi connectivity index (χ0) is 15.1. The molecule has 0 heterocycles. The van der Waals surface area contributed by atoms with Crippen LogP contribution < -0.4 is 0 Å². The quantitative estimate of drug-likeness (QED) is 0.541. The Balaban J connectivity index is 0.000000161. The fourth-order valence-electron chi connectivity index (χ4n) is 2.09. The van der Waals surface area contributed by atoms with Crippen LogP contribution >= 0.6 is 12.6 Å². The van der Waals surface area contributed by atoms with Crippen molar-refractivity contribution in [2.75, 3.05) is 0 Å². The molecule has 21 heavy (non-hydrogen) atoms. The highest BCUT2D eigenvalue weighted by Gasteiger charge is 1.93. The van der Waals surface area contributed by atoms with Gasteiger partial charge in [-0.05, 0) is 28.0 Å². The maximum Gasteiger partial charge on any atom is 0.0112 e. The molecule has 0 saturated heterocycles. The van der Waals surface area contributed by atoms with Crippen molar-refractivity contribution >= 4 is 35.6 Å². The highest BCUT2D eigenvalue weighted by Crippen LogP contribution is 2.18. The van der Waals surface area contributed by atoms with Crippen molar-refractivity contribution in [3.63, 3.8) is 0 Å². The van der Waals surface area contributed by atoms with Gasteiger partial charge in [-0.1, -0.05) is 86.0 Å². The van der Waals surface area contributed by atoms with Crippen molar-refractivity contribution < 1.29 is 0 Å².